The van der Waals surface area contributed by atoms with E-state index in [1.54, 1.807) is 6.07 Å². The third-order valence-electron chi connectivity index (χ3n) is 2.90. The third kappa shape index (κ3) is 1.69. The standard InChI is InChI=1S/C10H13ClN2O2S/c1-3-16(14,15)13-7-6-12-9(8(13)2)4-5-10(12)11/h3-5,8H,1,6-7H2,2H3. The molecule has 1 aromatic heterocycles. The highest BCUT2D eigenvalue weighted by atomic mass is 35.5. The molecule has 1 unspecified atom stereocenters. The summed E-state index contributed by atoms with van der Waals surface area (Å²) in [6.07, 6.45) is 0. The topological polar surface area (TPSA) is 42.3 Å². The van der Waals surface area contributed by atoms with Crippen LogP contribution in [0.3, 0.4) is 0 Å². The van der Waals surface area contributed by atoms with Crippen LogP contribution in [0.15, 0.2) is 24.1 Å². The van der Waals surface area contributed by atoms with Gasteiger partial charge in [0.05, 0.1) is 6.04 Å². The summed E-state index contributed by atoms with van der Waals surface area (Å²) in [6, 6.07) is 3.44. The minimum Gasteiger partial charge on any atom is -0.333 e. The number of hydrogen-bond donors (Lipinski definition) is 0. The SMILES string of the molecule is C=CS(=O)(=O)N1CCn2c(Cl)ccc2C1C. The molecule has 88 valence electrons. The van der Waals surface area contributed by atoms with Crippen LogP contribution in [0.5, 0.6) is 0 Å². The Labute approximate surface area is 100 Å². The van der Waals surface area contributed by atoms with E-state index in [9.17, 15) is 8.42 Å². The molecular formula is C10H13ClN2O2S. The Balaban J connectivity index is 2.42. The lowest BCUT2D eigenvalue weighted by Crippen LogP contribution is -2.39. The van der Waals surface area contributed by atoms with E-state index in [4.69, 9.17) is 11.6 Å². The Morgan fingerprint density at radius 2 is 2.19 bits per heavy atom. The number of rotatable bonds is 2. The highest BCUT2D eigenvalue weighted by Gasteiger charge is 2.31. The van der Waals surface area contributed by atoms with Gasteiger partial charge in [0.25, 0.3) is 0 Å². The van der Waals surface area contributed by atoms with Crippen LogP contribution >= 0.6 is 11.6 Å². The monoisotopic (exact) mass is 260 g/mol. The summed E-state index contributed by atoms with van der Waals surface area (Å²) in [5.74, 6) is 0. The van der Waals surface area contributed by atoms with Crippen molar-refractivity contribution in [2.24, 2.45) is 0 Å². The van der Waals surface area contributed by atoms with Gasteiger partial charge in [0, 0.05) is 24.2 Å². The predicted molar refractivity (Wildman–Crippen MR) is 63.7 cm³/mol. The van der Waals surface area contributed by atoms with Crippen LogP contribution in [-0.2, 0) is 16.6 Å². The van der Waals surface area contributed by atoms with Crippen molar-refractivity contribution in [3.8, 4) is 0 Å². The van der Waals surface area contributed by atoms with Gasteiger partial charge < -0.3 is 4.57 Å². The molecular weight excluding hydrogens is 248 g/mol. The van der Waals surface area contributed by atoms with E-state index < -0.39 is 10.0 Å². The van der Waals surface area contributed by atoms with E-state index in [0.29, 0.717) is 18.2 Å². The second-order valence-electron chi connectivity index (χ2n) is 3.73. The molecule has 2 rings (SSSR count). The summed E-state index contributed by atoms with van der Waals surface area (Å²) in [7, 11) is -3.36. The third-order valence-corrected chi connectivity index (χ3v) is 4.81. The summed E-state index contributed by atoms with van der Waals surface area (Å²) >= 11 is 5.99. The highest BCUT2D eigenvalue weighted by Crippen LogP contribution is 2.31. The Morgan fingerprint density at radius 1 is 1.50 bits per heavy atom. The van der Waals surface area contributed by atoms with Crippen molar-refractivity contribution < 1.29 is 8.42 Å². The molecule has 0 saturated heterocycles. The maximum atomic E-state index is 11.7. The predicted octanol–water partition coefficient (Wildman–Crippen LogP) is 1.99. The van der Waals surface area contributed by atoms with E-state index in [2.05, 4.69) is 6.58 Å². The van der Waals surface area contributed by atoms with E-state index in [0.717, 1.165) is 11.1 Å². The zero-order chi connectivity index (χ0) is 11.9. The van der Waals surface area contributed by atoms with Crippen molar-refractivity contribution >= 4 is 21.6 Å². The first kappa shape index (κ1) is 11.7. The molecule has 0 amide bonds. The second kappa shape index (κ2) is 3.91. The number of fused-ring (bicyclic) bond motifs is 1. The summed E-state index contributed by atoms with van der Waals surface area (Å²) in [5.41, 5.74) is 0.918. The number of aromatic nitrogens is 1. The van der Waals surface area contributed by atoms with Gasteiger partial charge in [-0.3, -0.25) is 0 Å². The maximum Gasteiger partial charge on any atom is 0.236 e. The van der Waals surface area contributed by atoms with Crippen molar-refractivity contribution in [2.75, 3.05) is 6.54 Å². The molecule has 0 N–H and O–H groups in total. The minimum atomic E-state index is -3.36. The molecule has 1 aliphatic heterocycles. The van der Waals surface area contributed by atoms with Gasteiger partial charge in [0.2, 0.25) is 10.0 Å². The zero-order valence-corrected chi connectivity index (χ0v) is 10.5. The lowest BCUT2D eigenvalue weighted by atomic mass is 10.2. The van der Waals surface area contributed by atoms with Crippen LogP contribution in [0.4, 0.5) is 0 Å². The molecule has 16 heavy (non-hydrogen) atoms. The Bertz CT molecular complexity index is 521. The van der Waals surface area contributed by atoms with Gasteiger partial charge in [-0.1, -0.05) is 18.2 Å². The highest BCUT2D eigenvalue weighted by molar-refractivity contribution is 7.92. The summed E-state index contributed by atoms with van der Waals surface area (Å²) < 4.78 is 26.9. The number of nitrogens with zero attached hydrogens (tertiary/aromatic N) is 2. The van der Waals surface area contributed by atoms with Gasteiger partial charge in [0.15, 0.2) is 0 Å². The first-order chi connectivity index (χ1) is 7.47. The average molecular weight is 261 g/mol. The fourth-order valence-corrected chi connectivity index (χ4v) is 3.36. The summed E-state index contributed by atoms with van der Waals surface area (Å²) in [5, 5.41) is 1.64. The zero-order valence-electron chi connectivity index (χ0n) is 8.93. The van der Waals surface area contributed by atoms with Gasteiger partial charge in [0.1, 0.15) is 5.15 Å². The molecule has 0 saturated carbocycles. The fourth-order valence-electron chi connectivity index (χ4n) is 2.04. The van der Waals surface area contributed by atoms with Crippen molar-refractivity contribution in [1.82, 2.24) is 8.87 Å². The van der Waals surface area contributed by atoms with Crippen LogP contribution in [0, 0.1) is 0 Å². The molecule has 0 bridgehead atoms. The summed E-state index contributed by atoms with van der Waals surface area (Å²) in [4.78, 5) is 0. The van der Waals surface area contributed by atoms with Crippen LogP contribution in [-0.4, -0.2) is 23.8 Å². The second-order valence-corrected chi connectivity index (χ2v) is 5.95. The van der Waals surface area contributed by atoms with E-state index in [-0.39, 0.29) is 6.04 Å². The molecule has 4 nitrogen and oxygen atoms in total. The molecule has 1 aliphatic rings. The van der Waals surface area contributed by atoms with Gasteiger partial charge in [-0.15, -0.1) is 0 Å². The van der Waals surface area contributed by atoms with Crippen LogP contribution in [0.2, 0.25) is 5.15 Å². The normalized spacial score (nSPS) is 21.8. The van der Waals surface area contributed by atoms with E-state index >= 15 is 0 Å². The van der Waals surface area contributed by atoms with Gasteiger partial charge in [-0.05, 0) is 19.1 Å². The molecule has 1 aromatic rings. The van der Waals surface area contributed by atoms with Gasteiger partial charge in [-0.2, -0.15) is 4.31 Å². The Hall–Kier alpha value is -0.780. The number of halogens is 1. The molecule has 0 aliphatic carbocycles. The molecule has 1 atom stereocenters. The smallest absolute Gasteiger partial charge is 0.236 e. The van der Waals surface area contributed by atoms with Crippen molar-refractivity contribution in [2.45, 2.75) is 19.5 Å². The minimum absolute atomic E-state index is 0.204. The maximum absolute atomic E-state index is 11.7. The lowest BCUT2D eigenvalue weighted by Gasteiger charge is -2.33. The number of sulfonamides is 1. The summed E-state index contributed by atoms with van der Waals surface area (Å²) in [6.45, 7) is 6.20. The fraction of sp³-hybridized carbons (Fsp3) is 0.400. The van der Waals surface area contributed by atoms with Crippen molar-refractivity contribution in [3.05, 3.63) is 35.0 Å². The first-order valence-corrected chi connectivity index (χ1v) is 6.84. The van der Waals surface area contributed by atoms with E-state index in [1.807, 2.05) is 17.6 Å². The van der Waals surface area contributed by atoms with Crippen LogP contribution in [0.25, 0.3) is 0 Å². The molecule has 0 radical (unpaired) electrons. The molecule has 2 heterocycles. The molecule has 0 fully saturated rings. The van der Waals surface area contributed by atoms with Crippen molar-refractivity contribution in [1.29, 1.82) is 0 Å². The van der Waals surface area contributed by atoms with E-state index in [1.165, 1.54) is 4.31 Å². The Kier molecular flexibility index (Phi) is 2.86. The molecule has 0 aromatic carbocycles. The lowest BCUT2D eigenvalue weighted by molar-refractivity contribution is 0.286. The molecule has 6 heteroatoms. The number of hydrogen-bond acceptors (Lipinski definition) is 2. The first-order valence-electron chi connectivity index (χ1n) is 4.96. The van der Waals surface area contributed by atoms with Gasteiger partial charge >= 0.3 is 0 Å². The van der Waals surface area contributed by atoms with Gasteiger partial charge in [-0.25, -0.2) is 8.42 Å². The van der Waals surface area contributed by atoms with Crippen molar-refractivity contribution in [3.63, 3.8) is 0 Å². The quantitative estimate of drug-likeness (QED) is 0.816. The largest absolute Gasteiger partial charge is 0.333 e. The molecule has 0 spiro atoms. The average Bonchev–Trinajstić information content (AvgIpc) is 2.62. The van der Waals surface area contributed by atoms with Crippen LogP contribution in [0.1, 0.15) is 18.7 Å². The van der Waals surface area contributed by atoms with Crippen LogP contribution < -0.4 is 0 Å². The Morgan fingerprint density at radius 3 is 2.81 bits per heavy atom.